The maximum Gasteiger partial charge on any atom is 0.387 e. The van der Waals surface area contributed by atoms with Gasteiger partial charge >= 0.3 is 13.2 Å². The summed E-state index contributed by atoms with van der Waals surface area (Å²) in [5.41, 5.74) is 13.9. The molecule has 5 N–H and O–H groups in total. The molecular weight excluding hydrogens is 957 g/mol. The molecule has 74 heavy (non-hydrogen) atoms. The second-order valence-corrected chi connectivity index (χ2v) is 17.8. The van der Waals surface area contributed by atoms with Gasteiger partial charge in [-0.3, -0.25) is 4.79 Å². The molecule has 0 atom stereocenters. The number of fused-ring (bicyclic) bond motifs is 2. The number of carbonyl (C=O) groups is 1. The normalized spacial score (nSPS) is 11.3. The van der Waals surface area contributed by atoms with Crippen LogP contribution in [0.5, 0.6) is 11.5 Å². The number of carbonyl (C=O) groups excluding carboxylic acids is 1. The number of ether oxygens (including phenoxy) is 2. The topological polar surface area (TPSA) is 172 Å². The number of hydrogen-bond donors (Lipinski definition) is 4. The van der Waals surface area contributed by atoms with Gasteiger partial charge in [0.25, 0.3) is 0 Å². The third-order valence-corrected chi connectivity index (χ3v) is 11.8. The summed E-state index contributed by atoms with van der Waals surface area (Å²) < 4.78 is 67.1. The number of para-hydroxylation sites is 2. The molecule has 388 valence electrons. The number of alkyl halides is 4. The smallest absolute Gasteiger partial charge is 0.387 e. The minimum atomic E-state index is -3.07. The summed E-state index contributed by atoms with van der Waals surface area (Å²) in [5.74, 6) is -0.190. The summed E-state index contributed by atoms with van der Waals surface area (Å²) in [6.45, 7) is 0.145. The first kappa shape index (κ1) is 53.4. The van der Waals surface area contributed by atoms with Crippen LogP contribution >= 0.6 is 0 Å². The van der Waals surface area contributed by atoms with Crippen molar-refractivity contribution in [3.63, 3.8) is 0 Å². The highest BCUT2D eigenvalue weighted by Crippen LogP contribution is 2.40. The van der Waals surface area contributed by atoms with E-state index in [1.54, 1.807) is 37.6 Å². The molecule has 4 heterocycles. The Morgan fingerprint density at radius 2 is 1.09 bits per heavy atom. The molecule has 0 radical (unpaired) electrons. The summed E-state index contributed by atoms with van der Waals surface area (Å²) in [7, 11) is 15.4. The Morgan fingerprint density at radius 3 is 1.55 bits per heavy atom. The zero-order valence-electron chi connectivity index (χ0n) is 42.4. The summed E-state index contributed by atoms with van der Waals surface area (Å²) in [6.07, 6.45) is 8.32. The van der Waals surface area contributed by atoms with Gasteiger partial charge in [0.1, 0.15) is 0 Å². The molecule has 21 heteroatoms. The average molecular weight is 1020 g/mol. The number of nitrogens with zero attached hydrogens (tertiary/aromatic N) is 10. The van der Waals surface area contributed by atoms with Crippen molar-refractivity contribution >= 4 is 73.7 Å². The van der Waals surface area contributed by atoms with Crippen LogP contribution in [-0.4, -0.2) is 126 Å². The highest BCUT2D eigenvalue weighted by molar-refractivity contribution is 6.02. The lowest BCUT2D eigenvalue weighted by Crippen LogP contribution is -2.29. The number of anilines is 8. The lowest BCUT2D eigenvalue weighted by molar-refractivity contribution is -0.111. The molecule has 1 amide bonds. The fraction of sp³-hybridized carbons (Fsp3) is 0.264. The number of aryl methyl sites for hydroxylation is 2. The lowest BCUT2D eigenvalue weighted by Gasteiger charge is -2.26. The number of halogens is 4. The second-order valence-electron chi connectivity index (χ2n) is 17.8. The Kier molecular flexibility index (Phi) is 17.2. The van der Waals surface area contributed by atoms with Gasteiger partial charge in [0.15, 0.2) is 11.5 Å². The molecule has 0 unspecified atom stereocenters. The van der Waals surface area contributed by atoms with Crippen LogP contribution in [-0.2, 0) is 18.9 Å². The maximum atomic E-state index is 13.4. The molecule has 0 bridgehead atoms. The Bertz CT molecular complexity index is 3230. The Morgan fingerprint density at radius 1 is 0.649 bits per heavy atom. The van der Waals surface area contributed by atoms with Crippen molar-refractivity contribution in [2.75, 3.05) is 99.9 Å². The number of aromatic nitrogens is 6. The van der Waals surface area contributed by atoms with Crippen LogP contribution < -0.4 is 41.0 Å². The van der Waals surface area contributed by atoms with Gasteiger partial charge in [-0.15, -0.1) is 0 Å². The van der Waals surface area contributed by atoms with Crippen molar-refractivity contribution < 1.29 is 31.8 Å². The largest absolute Gasteiger partial charge is 0.433 e. The van der Waals surface area contributed by atoms with Gasteiger partial charge in [0.05, 0.1) is 45.5 Å². The van der Waals surface area contributed by atoms with E-state index in [-0.39, 0.29) is 34.8 Å². The zero-order valence-corrected chi connectivity index (χ0v) is 42.4. The Balaban J connectivity index is 0.000000217. The van der Waals surface area contributed by atoms with Crippen molar-refractivity contribution in [2.24, 2.45) is 14.1 Å². The van der Waals surface area contributed by atoms with Crippen molar-refractivity contribution in [3.05, 3.63) is 122 Å². The summed E-state index contributed by atoms with van der Waals surface area (Å²) in [5, 5.41) is 10.8. The second kappa shape index (κ2) is 23.9. The van der Waals surface area contributed by atoms with Crippen LogP contribution in [0.4, 0.5) is 63.6 Å². The zero-order chi connectivity index (χ0) is 53.2. The number of hydrogen-bond acceptors (Lipinski definition) is 14. The predicted octanol–water partition coefficient (Wildman–Crippen LogP) is 9.66. The summed E-state index contributed by atoms with van der Waals surface area (Å²) >= 11 is 0. The first-order chi connectivity index (χ1) is 35.4. The first-order valence-electron chi connectivity index (χ1n) is 23.3. The highest BCUT2D eigenvalue weighted by Gasteiger charge is 2.21. The molecule has 0 aliphatic rings. The van der Waals surface area contributed by atoms with Crippen LogP contribution in [0.3, 0.4) is 0 Å². The first-order valence-corrected chi connectivity index (χ1v) is 23.3. The molecule has 0 aliphatic heterocycles. The molecule has 17 nitrogen and oxygen atoms in total. The maximum absolute atomic E-state index is 13.4. The SMILES string of the molecule is C=CC(=O)Nc1cc(Nc2nccc(-c3cn(C)c4ccccc34)n2)c(OC(F)F)cc1N(C)CCN(C)C.CN(C)CCN(C)c1cc(OC(F)F)c(Nc2nccc(-c3cn(C)c4ccccc34)n2)cc1N. The van der Waals surface area contributed by atoms with E-state index < -0.39 is 19.1 Å². The molecule has 4 aromatic heterocycles. The van der Waals surface area contributed by atoms with Gasteiger partial charge in [-0.2, -0.15) is 17.6 Å². The Labute approximate surface area is 426 Å². The van der Waals surface area contributed by atoms with Crippen LogP contribution in [0.2, 0.25) is 0 Å². The van der Waals surface area contributed by atoms with Crippen molar-refractivity contribution in [2.45, 2.75) is 13.2 Å². The summed E-state index contributed by atoms with van der Waals surface area (Å²) in [4.78, 5) is 37.8. The fourth-order valence-corrected chi connectivity index (χ4v) is 8.08. The minimum absolute atomic E-state index is 0.0416. The highest BCUT2D eigenvalue weighted by atomic mass is 19.3. The van der Waals surface area contributed by atoms with Crippen LogP contribution in [0.15, 0.2) is 122 Å². The van der Waals surface area contributed by atoms with E-state index in [1.807, 2.05) is 139 Å². The van der Waals surface area contributed by atoms with E-state index in [1.165, 1.54) is 18.2 Å². The number of benzene rings is 4. The third-order valence-electron chi connectivity index (χ3n) is 11.8. The van der Waals surface area contributed by atoms with E-state index in [9.17, 15) is 22.4 Å². The van der Waals surface area contributed by atoms with Gasteiger partial charge in [-0.25, -0.2) is 19.9 Å². The fourth-order valence-electron chi connectivity index (χ4n) is 8.08. The quantitative estimate of drug-likeness (QED) is 0.0323. The number of nitrogens with one attached hydrogen (secondary N) is 3. The van der Waals surface area contributed by atoms with E-state index in [2.05, 4.69) is 42.5 Å². The molecule has 4 aromatic carbocycles. The monoisotopic (exact) mass is 1020 g/mol. The number of amides is 1. The number of nitrogens with two attached hydrogens (primary N) is 1. The Hall–Kier alpha value is -8.43. The van der Waals surface area contributed by atoms with Crippen molar-refractivity contribution in [3.8, 4) is 34.0 Å². The van der Waals surface area contributed by atoms with E-state index >= 15 is 0 Å². The number of nitrogen functional groups attached to an aromatic ring is 1. The average Bonchev–Trinajstić information content (AvgIpc) is 3.89. The predicted molar refractivity (Wildman–Crippen MR) is 287 cm³/mol. The van der Waals surface area contributed by atoms with Crippen LogP contribution in [0.25, 0.3) is 44.3 Å². The van der Waals surface area contributed by atoms with Crippen molar-refractivity contribution in [1.29, 1.82) is 0 Å². The van der Waals surface area contributed by atoms with Gasteiger partial charge in [-0.1, -0.05) is 43.0 Å². The molecule has 8 aromatic rings. The van der Waals surface area contributed by atoms with Crippen LogP contribution in [0.1, 0.15) is 0 Å². The molecule has 0 fully saturated rings. The molecular formula is C53H60F4N14O3. The van der Waals surface area contributed by atoms with Gasteiger partial charge in [-0.05, 0) is 70.7 Å². The third kappa shape index (κ3) is 13.2. The molecule has 0 spiro atoms. The molecule has 0 saturated heterocycles. The van der Waals surface area contributed by atoms with E-state index in [0.29, 0.717) is 53.8 Å². The summed E-state index contributed by atoms with van der Waals surface area (Å²) in [6, 6.07) is 25.6. The standard InChI is InChI=1S/C28H31F2N7O2.C25H29F2N7O/c1-6-26(38)32-21-15-22(25(39-27(29)30)16-24(21)36(4)14-13-35(2)3)34-28-31-12-11-20(33-28)19-17-37(5)23-10-8-7-9-18(19)23;1-32(2)11-12-33(3)22-14-23(35-24(26)27)20(13-18(22)28)31-25-29-10-9-19(30-25)17-15-34(4)21-8-6-5-7-16(17)21/h6-12,15-17,27H,1,13-14H2,2-5H3,(H,32,38)(H,31,33,34);5-10,13-15,24H,11-12,28H2,1-4H3,(H,29,30,31). The van der Waals surface area contributed by atoms with E-state index in [0.717, 1.165) is 45.6 Å². The van der Waals surface area contributed by atoms with Gasteiger partial charge in [0, 0.05) is 124 Å². The lowest BCUT2D eigenvalue weighted by atomic mass is 10.1. The molecule has 8 rings (SSSR count). The van der Waals surface area contributed by atoms with Gasteiger partial charge < -0.3 is 59.9 Å². The minimum Gasteiger partial charge on any atom is -0.433 e. The van der Waals surface area contributed by atoms with E-state index in [4.69, 9.17) is 15.2 Å². The van der Waals surface area contributed by atoms with Gasteiger partial charge in [0.2, 0.25) is 17.8 Å². The molecule has 0 saturated carbocycles. The van der Waals surface area contributed by atoms with Crippen molar-refractivity contribution in [1.82, 2.24) is 38.9 Å². The number of rotatable bonds is 20. The molecule has 0 aliphatic carbocycles. The van der Waals surface area contributed by atoms with Crippen LogP contribution in [0, 0.1) is 0 Å². The number of likely N-dealkylation sites (N-methyl/N-ethyl adjacent to an activating group) is 4.